The number of fused-ring (bicyclic) bond motifs is 1. The van der Waals surface area contributed by atoms with Crippen LogP contribution in [-0.2, 0) is 0 Å². The number of halogens is 2. The molecule has 7 nitrogen and oxygen atoms in total. The van der Waals surface area contributed by atoms with Crippen molar-refractivity contribution in [3.63, 3.8) is 0 Å². The Bertz CT molecular complexity index is 1340. The summed E-state index contributed by atoms with van der Waals surface area (Å²) in [5.74, 6) is 0.339. The van der Waals surface area contributed by atoms with E-state index in [9.17, 15) is 4.79 Å². The predicted molar refractivity (Wildman–Crippen MR) is 145 cm³/mol. The maximum absolute atomic E-state index is 12.9. The summed E-state index contributed by atoms with van der Waals surface area (Å²) in [6, 6.07) is 14.4. The number of hydrogen-bond donors (Lipinski definition) is 2. The lowest BCUT2D eigenvalue weighted by Gasteiger charge is -2.19. The van der Waals surface area contributed by atoms with E-state index in [0.29, 0.717) is 54.4 Å². The molecule has 10 heteroatoms. The van der Waals surface area contributed by atoms with Gasteiger partial charge in [-0.05, 0) is 43.4 Å². The summed E-state index contributed by atoms with van der Waals surface area (Å²) in [7, 11) is 0. The number of hydrogen-bond acceptors (Lipinski definition) is 7. The van der Waals surface area contributed by atoms with E-state index in [2.05, 4.69) is 34.0 Å². The molecule has 0 aliphatic rings. The maximum Gasteiger partial charge on any atom is 0.265 e. The molecule has 4 aromatic rings. The van der Waals surface area contributed by atoms with Crippen LogP contribution in [0.1, 0.15) is 23.5 Å². The van der Waals surface area contributed by atoms with Crippen LogP contribution in [-0.4, -0.2) is 47.0 Å². The van der Waals surface area contributed by atoms with E-state index < -0.39 is 0 Å². The molecule has 35 heavy (non-hydrogen) atoms. The number of likely N-dealkylation sites (N-methyl/N-ethyl adjacent to an activating group) is 1. The molecule has 2 heterocycles. The van der Waals surface area contributed by atoms with Gasteiger partial charge in [0, 0.05) is 23.2 Å². The molecule has 0 fully saturated rings. The van der Waals surface area contributed by atoms with E-state index >= 15 is 0 Å². The summed E-state index contributed by atoms with van der Waals surface area (Å²) in [5.41, 5.74) is 7.82. The molecule has 0 bridgehead atoms. The molecule has 3 N–H and O–H groups in total. The van der Waals surface area contributed by atoms with Crippen molar-refractivity contribution in [3.8, 4) is 17.0 Å². The fourth-order valence-electron chi connectivity index (χ4n) is 3.62. The van der Waals surface area contributed by atoms with Gasteiger partial charge in [0.2, 0.25) is 5.95 Å². The third-order valence-electron chi connectivity index (χ3n) is 5.50. The number of amides is 1. The zero-order valence-electron chi connectivity index (χ0n) is 19.3. The number of anilines is 2. The van der Waals surface area contributed by atoms with Crippen molar-refractivity contribution in [2.45, 2.75) is 13.8 Å². The fourth-order valence-corrected chi connectivity index (χ4v) is 5.08. The highest BCUT2D eigenvalue weighted by atomic mass is 35.5. The predicted octanol–water partition coefficient (Wildman–Crippen LogP) is 6.22. The molecule has 2 aromatic heterocycles. The van der Waals surface area contributed by atoms with Crippen LogP contribution in [0.4, 0.5) is 11.6 Å². The number of nitrogens with one attached hydrogen (secondary N) is 1. The van der Waals surface area contributed by atoms with E-state index in [0.717, 1.165) is 19.6 Å². The van der Waals surface area contributed by atoms with E-state index in [1.807, 2.05) is 30.3 Å². The molecule has 0 aliphatic heterocycles. The molecule has 4 rings (SSSR count). The maximum atomic E-state index is 12.9. The number of aromatic nitrogens is 2. The lowest BCUT2D eigenvalue weighted by atomic mass is 10.1. The molecule has 0 aliphatic carbocycles. The largest absolute Gasteiger partial charge is 0.491 e. The van der Waals surface area contributed by atoms with E-state index in [-0.39, 0.29) is 11.9 Å². The van der Waals surface area contributed by atoms with Crippen LogP contribution in [0.3, 0.4) is 0 Å². The molecule has 0 saturated carbocycles. The zero-order valence-corrected chi connectivity index (χ0v) is 21.7. The lowest BCUT2D eigenvalue weighted by molar-refractivity contribution is 0.103. The standard InChI is InChI=1S/C25H25Cl2N5O2S/c1-3-32(4-2)10-11-34-20-12-16(18(26)14-19(20)27)22-17-13-21(35-24(17)31-25(28)30-22)23(33)29-15-8-6-5-7-9-15/h5-9,12-14H,3-4,10-11H2,1-2H3,(H,29,33)(H2,28,30,31). The molecule has 0 atom stereocenters. The average molecular weight is 530 g/mol. The summed E-state index contributed by atoms with van der Waals surface area (Å²) in [5, 5.41) is 4.36. The number of ether oxygens (including phenoxy) is 1. The van der Waals surface area contributed by atoms with Crippen LogP contribution in [0.5, 0.6) is 5.75 Å². The first-order chi connectivity index (χ1) is 16.9. The molecular weight excluding hydrogens is 505 g/mol. The van der Waals surface area contributed by atoms with Crippen molar-refractivity contribution < 1.29 is 9.53 Å². The van der Waals surface area contributed by atoms with Crippen LogP contribution in [0.15, 0.2) is 48.5 Å². The molecule has 2 aromatic carbocycles. The highest BCUT2D eigenvalue weighted by molar-refractivity contribution is 7.20. The summed E-state index contributed by atoms with van der Waals surface area (Å²) in [6.07, 6.45) is 0. The summed E-state index contributed by atoms with van der Waals surface area (Å²) in [4.78, 5) is 24.9. The SMILES string of the molecule is CCN(CC)CCOc1cc(-c2nc(N)nc3sc(C(=O)Nc4ccccc4)cc23)c(Cl)cc1Cl. The smallest absolute Gasteiger partial charge is 0.265 e. The number of para-hydroxylation sites is 1. The molecule has 0 radical (unpaired) electrons. The molecular formula is C25H25Cl2N5O2S. The summed E-state index contributed by atoms with van der Waals surface area (Å²) < 4.78 is 5.97. The van der Waals surface area contributed by atoms with Gasteiger partial charge >= 0.3 is 0 Å². The third kappa shape index (κ3) is 5.85. The molecule has 0 unspecified atom stereocenters. The first-order valence-electron chi connectivity index (χ1n) is 11.2. The highest BCUT2D eigenvalue weighted by Crippen LogP contribution is 2.40. The van der Waals surface area contributed by atoms with Crippen molar-refractivity contribution in [2.24, 2.45) is 0 Å². The Hall–Kier alpha value is -2.91. The van der Waals surface area contributed by atoms with Crippen molar-refractivity contribution in [1.29, 1.82) is 0 Å². The molecule has 1 amide bonds. The van der Waals surface area contributed by atoms with Gasteiger partial charge in [0.25, 0.3) is 5.91 Å². The number of benzene rings is 2. The number of carbonyl (C=O) groups is 1. The van der Waals surface area contributed by atoms with Crippen LogP contribution in [0, 0.1) is 0 Å². The van der Waals surface area contributed by atoms with Crippen LogP contribution < -0.4 is 15.8 Å². The van der Waals surface area contributed by atoms with Gasteiger partial charge < -0.3 is 20.7 Å². The average Bonchev–Trinajstić information content (AvgIpc) is 3.27. The Morgan fingerprint density at radius 3 is 2.54 bits per heavy atom. The Morgan fingerprint density at radius 2 is 1.83 bits per heavy atom. The number of nitrogens with zero attached hydrogens (tertiary/aromatic N) is 3. The fraction of sp³-hybridized carbons (Fsp3) is 0.240. The van der Waals surface area contributed by atoms with Gasteiger partial charge in [-0.15, -0.1) is 11.3 Å². The van der Waals surface area contributed by atoms with Gasteiger partial charge in [-0.2, -0.15) is 0 Å². The summed E-state index contributed by atoms with van der Waals surface area (Å²) in [6.45, 7) is 7.35. The van der Waals surface area contributed by atoms with Crippen LogP contribution in [0.2, 0.25) is 10.0 Å². The Balaban J connectivity index is 1.67. The van der Waals surface area contributed by atoms with E-state index in [1.165, 1.54) is 11.3 Å². The lowest BCUT2D eigenvalue weighted by Crippen LogP contribution is -2.27. The summed E-state index contributed by atoms with van der Waals surface area (Å²) >= 11 is 14.2. The third-order valence-corrected chi connectivity index (χ3v) is 7.14. The monoisotopic (exact) mass is 529 g/mol. The Morgan fingerprint density at radius 1 is 1.09 bits per heavy atom. The first kappa shape index (κ1) is 25.2. The first-order valence-corrected chi connectivity index (χ1v) is 12.7. The minimum atomic E-state index is -0.244. The van der Waals surface area contributed by atoms with Gasteiger partial charge in [-0.3, -0.25) is 4.79 Å². The van der Waals surface area contributed by atoms with Gasteiger partial charge in [0.1, 0.15) is 17.2 Å². The van der Waals surface area contributed by atoms with Gasteiger partial charge in [0.15, 0.2) is 0 Å². The van der Waals surface area contributed by atoms with Crippen LogP contribution >= 0.6 is 34.5 Å². The zero-order chi connectivity index (χ0) is 24.9. The van der Waals surface area contributed by atoms with Gasteiger partial charge in [0.05, 0.1) is 20.6 Å². The van der Waals surface area contributed by atoms with Crippen LogP contribution in [0.25, 0.3) is 21.5 Å². The number of nitrogens with two attached hydrogens (primary N) is 1. The van der Waals surface area contributed by atoms with E-state index in [4.69, 9.17) is 33.7 Å². The second kappa shape index (κ2) is 11.2. The second-order valence-electron chi connectivity index (χ2n) is 7.72. The van der Waals surface area contributed by atoms with E-state index in [1.54, 1.807) is 18.2 Å². The van der Waals surface area contributed by atoms with Crippen molar-refractivity contribution in [2.75, 3.05) is 37.3 Å². The molecule has 182 valence electrons. The topological polar surface area (TPSA) is 93.4 Å². The quantitative estimate of drug-likeness (QED) is 0.267. The minimum absolute atomic E-state index is 0.0828. The highest BCUT2D eigenvalue weighted by Gasteiger charge is 2.20. The normalized spacial score (nSPS) is 11.2. The van der Waals surface area contributed by atoms with Gasteiger partial charge in [-0.25, -0.2) is 9.97 Å². The van der Waals surface area contributed by atoms with Crippen molar-refractivity contribution >= 4 is 62.3 Å². The van der Waals surface area contributed by atoms with Crippen molar-refractivity contribution in [3.05, 3.63) is 63.5 Å². The Labute approximate surface area is 217 Å². The Kier molecular flexibility index (Phi) is 8.07. The number of rotatable bonds is 9. The van der Waals surface area contributed by atoms with Gasteiger partial charge in [-0.1, -0.05) is 55.2 Å². The number of carbonyl (C=O) groups excluding carboxylic acids is 1. The number of nitrogen functional groups attached to an aromatic ring is 1. The van der Waals surface area contributed by atoms with Crippen molar-refractivity contribution in [1.82, 2.24) is 14.9 Å². The second-order valence-corrected chi connectivity index (χ2v) is 9.56. The minimum Gasteiger partial charge on any atom is -0.491 e. The number of thiophene rings is 1. The molecule has 0 saturated heterocycles. The molecule has 0 spiro atoms.